The second-order valence-electron chi connectivity index (χ2n) is 5.27. The van der Waals surface area contributed by atoms with Crippen LogP contribution in [0.5, 0.6) is 0 Å². The Morgan fingerprint density at radius 3 is 2.24 bits per heavy atom. The van der Waals surface area contributed by atoms with E-state index in [0.717, 1.165) is 0 Å². The molecule has 0 atom stereocenters. The number of hydrogen-bond acceptors (Lipinski definition) is 4. The molecule has 0 aliphatic carbocycles. The standard InChI is InChI=1S/C15H23NO4S/c1-6-20-15(17)13-8-7-9-14(10-13)21(18,19)16(11(2)3)12(4)5/h7-12H,6H2,1-5H3. The lowest BCUT2D eigenvalue weighted by molar-refractivity contribution is 0.0526. The summed E-state index contributed by atoms with van der Waals surface area (Å²) in [6.45, 7) is 9.26. The van der Waals surface area contributed by atoms with E-state index in [1.807, 2.05) is 27.7 Å². The molecule has 0 spiro atoms. The lowest BCUT2D eigenvalue weighted by Gasteiger charge is -2.29. The lowest BCUT2D eigenvalue weighted by atomic mass is 10.2. The molecule has 1 aromatic carbocycles. The Morgan fingerprint density at radius 2 is 1.76 bits per heavy atom. The summed E-state index contributed by atoms with van der Waals surface area (Å²) >= 11 is 0. The highest BCUT2D eigenvalue weighted by Crippen LogP contribution is 2.22. The molecule has 0 aliphatic rings. The predicted molar refractivity (Wildman–Crippen MR) is 81.7 cm³/mol. The molecule has 1 rings (SSSR count). The van der Waals surface area contributed by atoms with Crippen LogP contribution in [0.2, 0.25) is 0 Å². The molecule has 21 heavy (non-hydrogen) atoms. The molecule has 0 fully saturated rings. The molecule has 0 bridgehead atoms. The van der Waals surface area contributed by atoms with Crippen LogP contribution in [-0.2, 0) is 14.8 Å². The summed E-state index contributed by atoms with van der Waals surface area (Å²) in [4.78, 5) is 11.8. The predicted octanol–water partition coefficient (Wildman–Crippen LogP) is 2.67. The fourth-order valence-corrected chi connectivity index (χ4v) is 4.15. The largest absolute Gasteiger partial charge is 0.462 e. The normalized spacial score (nSPS) is 12.2. The van der Waals surface area contributed by atoms with Gasteiger partial charge in [-0.2, -0.15) is 4.31 Å². The summed E-state index contributed by atoms with van der Waals surface area (Å²) in [5.41, 5.74) is 0.241. The first-order chi connectivity index (χ1) is 9.71. The van der Waals surface area contributed by atoms with E-state index >= 15 is 0 Å². The number of benzene rings is 1. The molecule has 0 aromatic heterocycles. The van der Waals surface area contributed by atoms with Crippen LogP contribution < -0.4 is 0 Å². The van der Waals surface area contributed by atoms with Crippen LogP contribution in [-0.4, -0.2) is 37.4 Å². The monoisotopic (exact) mass is 313 g/mol. The Balaban J connectivity index is 3.26. The molecule has 6 heteroatoms. The van der Waals surface area contributed by atoms with E-state index in [9.17, 15) is 13.2 Å². The molecule has 0 N–H and O–H groups in total. The maximum atomic E-state index is 12.7. The van der Waals surface area contributed by atoms with Crippen molar-refractivity contribution in [1.29, 1.82) is 0 Å². The smallest absolute Gasteiger partial charge is 0.338 e. The van der Waals surface area contributed by atoms with Gasteiger partial charge >= 0.3 is 5.97 Å². The van der Waals surface area contributed by atoms with E-state index < -0.39 is 16.0 Å². The van der Waals surface area contributed by atoms with Crippen LogP contribution in [0.1, 0.15) is 45.0 Å². The molecule has 0 saturated carbocycles. The van der Waals surface area contributed by atoms with Crippen molar-refractivity contribution < 1.29 is 17.9 Å². The van der Waals surface area contributed by atoms with E-state index in [1.54, 1.807) is 19.1 Å². The third kappa shape index (κ3) is 4.04. The summed E-state index contributed by atoms with van der Waals surface area (Å²) in [5.74, 6) is -0.518. The van der Waals surface area contributed by atoms with E-state index in [-0.39, 0.29) is 29.1 Å². The fourth-order valence-electron chi connectivity index (χ4n) is 2.27. The zero-order valence-corrected chi connectivity index (χ0v) is 14.0. The molecule has 5 nitrogen and oxygen atoms in total. The first kappa shape index (κ1) is 17.7. The fraction of sp³-hybridized carbons (Fsp3) is 0.533. The highest BCUT2D eigenvalue weighted by Gasteiger charge is 2.29. The molecule has 118 valence electrons. The van der Waals surface area contributed by atoms with E-state index in [4.69, 9.17) is 4.74 Å². The van der Waals surface area contributed by atoms with E-state index in [0.29, 0.717) is 0 Å². The average molecular weight is 313 g/mol. The maximum Gasteiger partial charge on any atom is 0.338 e. The molecule has 0 aliphatic heterocycles. The van der Waals surface area contributed by atoms with Crippen LogP contribution in [0.25, 0.3) is 0 Å². The van der Waals surface area contributed by atoms with Gasteiger partial charge in [0.15, 0.2) is 0 Å². The zero-order valence-electron chi connectivity index (χ0n) is 13.2. The Morgan fingerprint density at radius 1 is 1.19 bits per heavy atom. The van der Waals surface area contributed by atoms with Crippen LogP contribution in [0.15, 0.2) is 29.2 Å². The number of rotatable bonds is 6. The molecule has 1 aromatic rings. The second kappa shape index (κ2) is 7.04. The number of sulfonamides is 1. The number of carbonyl (C=O) groups is 1. The summed E-state index contributed by atoms with van der Waals surface area (Å²) in [6, 6.07) is 5.63. The van der Waals surface area contributed by atoms with Gasteiger partial charge in [-0.1, -0.05) is 6.07 Å². The Kier molecular flexibility index (Phi) is 5.92. The second-order valence-corrected chi connectivity index (χ2v) is 7.11. The Labute approximate surface area is 127 Å². The van der Waals surface area contributed by atoms with Gasteiger partial charge in [0.1, 0.15) is 0 Å². The van der Waals surface area contributed by atoms with Crippen molar-refractivity contribution in [2.45, 2.75) is 51.6 Å². The van der Waals surface area contributed by atoms with Gasteiger partial charge in [-0.15, -0.1) is 0 Å². The van der Waals surface area contributed by atoms with Crippen LogP contribution in [0.4, 0.5) is 0 Å². The van der Waals surface area contributed by atoms with Crippen molar-refractivity contribution in [1.82, 2.24) is 4.31 Å². The van der Waals surface area contributed by atoms with E-state index in [2.05, 4.69) is 0 Å². The van der Waals surface area contributed by atoms with Gasteiger partial charge < -0.3 is 4.74 Å². The van der Waals surface area contributed by atoms with Gasteiger partial charge in [-0.3, -0.25) is 0 Å². The molecule has 0 radical (unpaired) electrons. The first-order valence-electron chi connectivity index (χ1n) is 7.02. The quantitative estimate of drug-likeness (QED) is 0.757. The summed E-state index contributed by atoms with van der Waals surface area (Å²) in [5, 5.41) is 0. The van der Waals surface area contributed by atoms with Crippen molar-refractivity contribution in [3.63, 3.8) is 0 Å². The Bertz CT molecular complexity index is 585. The summed E-state index contributed by atoms with van der Waals surface area (Å²) in [6.07, 6.45) is 0. The third-order valence-electron chi connectivity index (χ3n) is 2.94. The minimum atomic E-state index is -3.64. The van der Waals surface area contributed by atoms with Gasteiger partial charge in [-0.25, -0.2) is 13.2 Å². The summed E-state index contributed by atoms with van der Waals surface area (Å²) in [7, 11) is -3.64. The minimum absolute atomic E-state index is 0.107. The van der Waals surface area contributed by atoms with Crippen molar-refractivity contribution in [3.8, 4) is 0 Å². The van der Waals surface area contributed by atoms with Gasteiger partial charge in [0.25, 0.3) is 0 Å². The molecular weight excluding hydrogens is 290 g/mol. The van der Waals surface area contributed by atoms with Gasteiger partial charge in [0.2, 0.25) is 10.0 Å². The molecule has 0 saturated heterocycles. The number of hydrogen-bond donors (Lipinski definition) is 0. The van der Waals surface area contributed by atoms with Crippen molar-refractivity contribution in [2.24, 2.45) is 0 Å². The van der Waals surface area contributed by atoms with Gasteiger partial charge in [0, 0.05) is 12.1 Å². The molecular formula is C15H23NO4S. The minimum Gasteiger partial charge on any atom is -0.462 e. The first-order valence-corrected chi connectivity index (χ1v) is 8.46. The van der Waals surface area contributed by atoms with Gasteiger partial charge in [0.05, 0.1) is 17.1 Å². The lowest BCUT2D eigenvalue weighted by Crippen LogP contribution is -2.41. The maximum absolute atomic E-state index is 12.7. The topological polar surface area (TPSA) is 63.7 Å². The van der Waals surface area contributed by atoms with Crippen LogP contribution in [0, 0.1) is 0 Å². The third-order valence-corrected chi connectivity index (χ3v) is 5.19. The molecule has 0 amide bonds. The highest BCUT2D eigenvalue weighted by molar-refractivity contribution is 7.89. The number of carbonyl (C=O) groups excluding carboxylic acids is 1. The van der Waals surface area contributed by atoms with Crippen molar-refractivity contribution >= 4 is 16.0 Å². The Hall–Kier alpha value is -1.40. The number of esters is 1. The zero-order chi connectivity index (χ0) is 16.2. The number of nitrogens with zero attached hydrogens (tertiary/aromatic N) is 1. The van der Waals surface area contributed by atoms with Crippen molar-refractivity contribution in [3.05, 3.63) is 29.8 Å². The van der Waals surface area contributed by atoms with Crippen LogP contribution >= 0.6 is 0 Å². The summed E-state index contributed by atoms with van der Waals surface area (Å²) < 4.78 is 31.8. The average Bonchev–Trinajstić information content (AvgIpc) is 2.37. The van der Waals surface area contributed by atoms with Gasteiger partial charge in [-0.05, 0) is 52.8 Å². The highest BCUT2D eigenvalue weighted by atomic mass is 32.2. The molecule has 0 heterocycles. The number of ether oxygens (including phenoxy) is 1. The van der Waals surface area contributed by atoms with Crippen molar-refractivity contribution in [2.75, 3.05) is 6.61 Å². The molecule has 0 unspecified atom stereocenters. The van der Waals surface area contributed by atoms with Crippen LogP contribution in [0.3, 0.4) is 0 Å². The SMILES string of the molecule is CCOC(=O)c1cccc(S(=O)(=O)N(C(C)C)C(C)C)c1. The van der Waals surface area contributed by atoms with E-state index in [1.165, 1.54) is 16.4 Å².